The number of nitrogens with zero attached hydrogens (tertiary/aromatic N) is 1. The molecule has 0 aromatic rings. The van der Waals surface area contributed by atoms with Gasteiger partial charge in [0.1, 0.15) is 0 Å². The molecule has 1 heterocycles. The highest BCUT2D eigenvalue weighted by Gasteiger charge is 2.20. The average molecular weight is 273 g/mol. The van der Waals surface area contributed by atoms with E-state index in [-0.39, 0.29) is 18.0 Å². The van der Waals surface area contributed by atoms with Crippen molar-refractivity contribution in [1.29, 1.82) is 0 Å². The van der Waals surface area contributed by atoms with Crippen LogP contribution in [-0.2, 0) is 19.1 Å². The molecule has 1 saturated heterocycles. The van der Waals surface area contributed by atoms with Crippen molar-refractivity contribution >= 4 is 11.9 Å². The predicted molar refractivity (Wildman–Crippen MR) is 69.5 cm³/mol. The maximum Gasteiger partial charge on any atom is 0.305 e. The molecule has 3 N–H and O–H groups in total. The van der Waals surface area contributed by atoms with Gasteiger partial charge < -0.3 is 20.5 Å². The number of rotatable bonds is 7. The third-order valence-corrected chi connectivity index (χ3v) is 2.96. The standard InChI is InChI=1S/C12H23N3O4/c1-18-12(17)3-2-4-14-11(16)9-15-5-6-19-10(7-13)8-15/h10H,2-9,13H2,1H3,(H,14,16). The lowest BCUT2D eigenvalue weighted by Gasteiger charge is -2.31. The van der Waals surface area contributed by atoms with Crippen LogP contribution < -0.4 is 11.1 Å². The minimum absolute atomic E-state index is 0.0147. The zero-order chi connectivity index (χ0) is 14.1. The third-order valence-electron chi connectivity index (χ3n) is 2.96. The second-order valence-corrected chi connectivity index (χ2v) is 4.49. The second kappa shape index (κ2) is 8.84. The van der Waals surface area contributed by atoms with Gasteiger partial charge in [-0.2, -0.15) is 0 Å². The summed E-state index contributed by atoms with van der Waals surface area (Å²) in [6, 6.07) is 0. The molecule has 1 amide bonds. The Balaban J connectivity index is 2.11. The summed E-state index contributed by atoms with van der Waals surface area (Å²) in [5.74, 6) is -0.296. The van der Waals surface area contributed by atoms with Gasteiger partial charge in [-0.15, -0.1) is 0 Å². The van der Waals surface area contributed by atoms with E-state index >= 15 is 0 Å². The number of methoxy groups -OCH3 is 1. The Morgan fingerprint density at radius 3 is 3.00 bits per heavy atom. The first-order valence-corrected chi connectivity index (χ1v) is 6.53. The van der Waals surface area contributed by atoms with Crippen LogP contribution in [0.2, 0.25) is 0 Å². The lowest BCUT2D eigenvalue weighted by Crippen LogP contribution is -2.49. The quantitative estimate of drug-likeness (QED) is 0.443. The number of ether oxygens (including phenoxy) is 2. The van der Waals surface area contributed by atoms with Gasteiger partial charge in [0.05, 0.1) is 26.4 Å². The number of carbonyl (C=O) groups excluding carboxylic acids is 2. The highest BCUT2D eigenvalue weighted by molar-refractivity contribution is 5.78. The summed E-state index contributed by atoms with van der Waals surface area (Å²) in [5.41, 5.74) is 5.54. The SMILES string of the molecule is COC(=O)CCCNC(=O)CN1CCOC(CN)C1. The largest absolute Gasteiger partial charge is 0.469 e. The van der Waals surface area contributed by atoms with Gasteiger partial charge >= 0.3 is 5.97 Å². The van der Waals surface area contributed by atoms with Crippen molar-refractivity contribution in [2.75, 3.05) is 46.4 Å². The molecule has 7 heteroatoms. The molecule has 1 aliphatic rings. The maximum absolute atomic E-state index is 11.7. The first-order chi connectivity index (χ1) is 9.15. The number of hydrogen-bond acceptors (Lipinski definition) is 6. The Hall–Kier alpha value is -1.18. The summed E-state index contributed by atoms with van der Waals surface area (Å²) < 4.78 is 9.94. The number of carbonyl (C=O) groups is 2. The Morgan fingerprint density at radius 2 is 2.32 bits per heavy atom. The first kappa shape index (κ1) is 15.9. The summed E-state index contributed by atoms with van der Waals surface area (Å²) in [6.07, 6.45) is 0.928. The minimum Gasteiger partial charge on any atom is -0.469 e. The Labute approximate surface area is 113 Å². The molecule has 0 aromatic carbocycles. The highest BCUT2D eigenvalue weighted by Crippen LogP contribution is 2.03. The van der Waals surface area contributed by atoms with E-state index in [2.05, 4.69) is 10.1 Å². The molecular weight excluding hydrogens is 250 g/mol. The fourth-order valence-electron chi connectivity index (χ4n) is 1.89. The van der Waals surface area contributed by atoms with Gasteiger partial charge in [-0.1, -0.05) is 0 Å². The summed E-state index contributed by atoms with van der Waals surface area (Å²) in [4.78, 5) is 24.6. The van der Waals surface area contributed by atoms with E-state index in [1.807, 2.05) is 4.90 Å². The molecule has 1 fully saturated rings. The fourth-order valence-corrected chi connectivity index (χ4v) is 1.89. The van der Waals surface area contributed by atoms with Crippen LogP contribution in [0.15, 0.2) is 0 Å². The molecule has 0 bridgehead atoms. The third kappa shape index (κ3) is 6.51. The monoisotopic (exact) mass is 273 g/mol. The summed E-state index contributed by atoms with van der Waals surface area (Å²) in [6.45, 7) is 3.34. The van der Waals surface area contributed by atoms with Crippen LogP contribution in [0, 0.1) is 0 Å². The molecule has 7 nitrogen and oxygen atoms in total. The number of esters is 1. The molecule has 1 unspecified atom stereocenters. The highest BCUT2D eigenvalue weighted by atomic mass is 16.5. The van der Waals surface area contributed by atoms with Crippen LogP contribution in [0.25, 0.3) is 0 Å². The van der Waals surface area contributed by atoms with E-state index in [0.29, 0.717) is 45.6 Å². The average Bonchev–Trinajstić information content (AvgIpc) is 2.43. The molecule has 0 radical (unpaired) electrons. The molecule has 110 valence electrons. The van der Waals surface area contributed by atoms with E-state index in [9.17, 15) is 9.59 Å². The normalized spacial score (nSPS) is 20.0. The van der Waals surface area contributed by atoms with E-state index < -0.39 is 0 Å². The van der Waals surface area contributed by atoms with Gasteiger partial charge in [-0.3, -0.25) is 14.5 Å². The second-order valence-electron chi connectivity index (χ2n) is 4.49. The molecule has 1 atom stereocenters. The predicted octanol–water partition coefficient (Wildman–Crippen LogP) is -1.28. The maximum atomic E-state index is 11.7. The van der Waals surface area contributed by atoms with Gasteiger partial charge in [0.15, 0.2) is 0 Å². The van der Waals surface area contributed by atoms with E-state index in [4.69, 9.17) is 10.5 Å². The zero-order valence-electron chi connectivity index (χ0n) is 11.4. The van der Waals surface area contributed by atoms with Gasteiger partial charge in [0, 0.05) is 32.6 Å². The summed E-state index contributed by atoms with van der Waals surface area (Å²) >= 11 is 0. The first-order valence-electron chi connectivity index (χ1n) is 6.53. The van der Waals surface area contributed by atoms with Crippen molar-refractivity contribution in [2.45, 2.75) is 18.9 Å². The molecular formula is C12H23N3O4. The number of amides is 1. The molecule has 0 aromatic heterocycles. The topological polar surface area (TPSA) is 93.9 Å². The van der Waals surface area contributed by atoms with Crippen molar-refractivity contribution in [1.82, 2.24) is 10.2 Å². The zero-order valence-corrected chi connectivity index (χ0v) is 11.4. The number of hydrogen-bond donors (Lipinski definition) is 2. The van der Waals surface area contributed by atoms with Crippen molar-refractivity contribution in [2.24, 2.45) is 5.73 Å². The number of morpholine rings is 1. The molecule has 1 aliphatic heterocycles. The van der Waals surface area contributed by atoms with Gasteiger partial charge in [-0.05, 0) is 6.42 Å². The number of nitrogens with one attached hydrogen (secondary N) is 1. The fraction of sp³-hybridized carbons (Fsp3) is 0.833. The molecule has 1 rings (SSSR count). The van der Waals surface area contributed by atoms with Crippen LogP contribution >= 0.6 is 0 Å². The van der Waals surface area contributed by atoms with Crippen LogP contribution in [0.1, 0.15) is 12.8 Å². The van der Waals surface area contributed by atoms with Gasteiger partial charge in [0.2, 0.25) is 5.91 Å². The van der Waals surface area contributed by atoms with Gasteiger partial charge in [-0.25, -0.2) is 0 Å². The summed E-state index contributed by atoms with van der Waals surface area (Å²) in [5, 5.41) is 2.78. The molecule has 19 heavy (non-hydrogen) atoms. The molecule has 0 saturated carbocycles. The van der Waals surface area contributed by atoms with Gasteiger partial charge in [0.25, 0.3) is 0 Å². The van der Waals surface area contributed by atoms with Crippen molar-refractivity contribution < 1.29 is 19.1 Å². The van der Waals surface area contributed by atoms with E-state index in [1.165, 1.54) is 7.11 Å². The number of nitrogens with two attached hydrogens (primary N) is 1. The van der Waals surface area contributed by atoms with Crippen molar-refractivity contribution in [3.05, 3.63) is 0 Å². The molecule has 0 aliphatic carbocycles. The lowest BCUT2D eigenvalue weighted by atomic mass is 10.2. The van der Waals surface area contributed by atoms with Crippen LogP contribution in [0.3, 0.4) is 0 Å². The van der Waals surface area contributed by atoms with Crippen LogP contribution in [0.5, 0.6) is 0 Å². The van der Waals surface area contributed by atoms with Crippen molar-refractivity contribution in [3.8, 4) is 0 Å². The van der Waals surface area contributed by atoms with Crippen LogP contribution in [-0.4, -0.2) is 69.3 Å². The van der Waals surface area contributed by atoms with E-state index in [0.717, 1.165) is 6.54 Å². The Morgan fingerprint density at radius 1 is 1.53 bits per heavy atom. The summed E-state index contributed by atoms with van der Waals surface area (Å²) in [7, 11) is 1.35. The minimum atomic E-state index is -0.256. The Bertz CT molecular complexity index is 299. The van der Waals surface area contributed by atoms with Crippen LogP contribution in [0.4, 0.5) is 0 Å². The Kier molecular flexibility index (Phi) is 7.39. The molecule has 0 spiro atoms. The lowest BCUT2D eigenvalue weighted by molar-refractivity contribution is -0.140. The smallest absolute Gasteiger partial charge is 0.305 e. The van der Waals surface area contributed by atoms with E-state index in [1.54, 1.807) is 0 Å². The van der Waals surface area contributed by atoms with Crippen molar-refractivity contribution in [3.63, 3.8) is 0 Å².